The van der Waals surface area contributed by atoms with Crippen LogP contribution in [0.1, 0.15) is 108 Å². The Labute approximate surface area is 255 Å². The minimum atomic E-state index is -0.868. The second kappa shape index (κ2) is 14.7. The SMILES string of the molecule is CCCCCCc1ccc(-c2ccc(-c3ccc(C4=CCC(C5CCC(CCC)CC5)CC4)c(F)c3F)cc2)c(F)c1F. The maximum absolute atomic E-state index is 15.4. The van der Waals surface area contributed by atoms with Crippen LogP contribution in [-0.2, 0) is 6.42 Å². The number of hydrogen-bond donors (Lipinski definition) is 0. The zero-order valence-electron chi connectivity index (χ0n) is 25.8. The van der Waals surface area contributed by atoms with Gasteiger partial charge in [0.2, 0.25) is 0 Å². The lowest BCUT2D eigenvalue weighted by molar-refractivity contribution is 0.189. The number of halogens is 4. The van der Waals surface area contributed by atoms with Gasteiger partial charge in [-0.15, -0.1) is 0 Å². The van der Waals surface area contributed by atoms with Gasteiger partial charge in [0.05, 0.1) is 0 Å². The van der Waals surface area contributed by atoms with Crippen molar-refractivity contribution in [3.63, 3.8) is 0 Å². The smallest absolute Gasteiger partial charge is 0.167 e. The van der Waals surface area contributed by atoms with Gasteiger partial charge in [0.1, 0.15) is 0 Å². The maximum Gasteiger partial charge on any atom is 0.167 e. The largest absolute Gasteiger partial charge is 0.203 e. The molecular weight excluding hydrogens is 544 g/mol. The second-order valence-corrected chi connectivity index (χ2v) is 12.9. The standard InChI is InChI=1S/C39H46F4/c1-3-5-6-7-9-32-22-23-33(37(41)36(32)40)30-18-20-31(21-19-30)35-25-24-34(38(42)39(35)43)29-16-14-28(15-17-29)27-12-10-26(8-4-2)11-13-27/h16,18-28H,3-15,17H2,1-2H3. The monoisotopic (exact) mass is 590 g/mol. The first kappa shape index (κ1) is 31.5. The van der Waals surface area contributed by atoms with Gasteiger partial charge in [0.25, 0.3) is 0 Å². The van der Waals surface area contributed by atoms with E-state index < -0.39 is 23.3 Å². The van der Waals surface area contributed by atoms with E-state index in [1.165, 1.54) is 38.5 Å². The minimum absolute atomic E-state index is 0.167. The molecule has 3 aromatic carbocycles. The number of rotatable bonds is 11. The first-order valence-electron chi connectivity index (χ1n) is 16.7. The van der Waals surface area contributed by atoms with E-state index in [9.17, 15) is 8.78 Å². The first-order valence-corrected chi connectivity index (χ1v) is 16.7. The minimum Gasteiger partial charge on any atom is -0.203 e. The molecule has 0 nitrogen and oxygen atoms in total. The Morgan fingerprint density at radius 3 is 1.79 bits per heavy atom. The number of benzene rings is 3. The van der Waals surface area contributed by atoms with Crippen molar-refractivity contribution < 1.29 is 17.6 Å². The van der Waals surface area contributed by atoms with E-state index in [0.717, 1.165) is 62.4 Å². The average Bonchev–Trinajstić information content (AvgIpc) is 3.03. The molecule has 43 heavy (non-hydrogen) atoms. The molecule has 2 aliphatic carbocycles. The molecule has 4 heteroatoms. The van der Waals surface area contributed by atoms with Gasteiger partial charge in [-0.1, -0.05) is 113 Å². The molecule has 0 saturated heterocycles. The van der Waals surface area contributed by atoms with Crippen molar-refractivity contribution in [3.8, 4) is 22.3 Å². The van der Waals surface area contributed by atoms with Gasteiger partial charge in [-0.3, -0.25) is 0 Å². The number of unbranched alkanes of at least 4 members (excludes halogenated alkanes) is 3. The Kier molecular flexibility index (Phi) is 10.8. The van der Waals surface area contributed by atoms with Crippen LogP contribution in [0.3, 0.4) is 0 Å². The fourth-order valence-electron chi connectivity index (χ4n) is 7.48. The molecule has 0 aromatic heterocycles. The highest BCUT2D eigenvalue weighted by molar-refractivity contribution is 5.74. The Morgan fingerprint density at radius 1 is 0.581 bits per heavy atom. The highest BCUT2D eigenvalue weighted by atomic mass is 19.2. The molecule has 1 unspecified atom stereocenters. The number of hydrogen-bond acceptors (Lipinski definition) is 0. The third-order valence-corrected chi connectivity index (χ3v) is 10.1. The van der Waals surface area contributed by atoms with Gasteiger partial charge in [-0.2, -0.15) is 0 Å². The van der Waals surface area contributed by atoms with Crippen molar-refractivity contribution in [1.82, 2.24) is 0 Å². The van der Waals surface area contributed by atoms with Crippen LogP contribution < -0.4 is 0 Å². The Morgan fingerprint density at radius 2 is 1.19 bits per heavy atom. The molecule has 5 rings (SSSR count). The first-order chi connectivity index (χ1) is 20.9. The molecule has 0 radical (unpaired) electrons. The summed E-state index contributed by atoms with van der Waals surface area (Å²) in [6.45, 7) is 4.38. The summed E-state index contributed by atoms with van der Waals surface area (Å²) in [5, 5.41) is 0. The van der Waals surface area contributed by atoms with Crippen molar-refractivity contribution in [3.05, 3.63) is 89.0 Å². The molecule has 0 aliphatic heterocycles. The summed E-state index contributed by atoms with van der Waals surface area (Å²) >= 11 is 0. The summed E-state index contributed by atoms with van der Waals surface area (Å²) in [5.74, 6) is -1.04. The quantitative estimate of drug-likeness (QED) is 0.154. The zero-order valence-corrected chi connectivity index (χ0v) is 25.8. The molecule has 0 heterocycles. The summed E-state index contributed by atoms with van der Waals surface area (Å²) in [6.07, 6.45) is 17.3. The zero-order chi connectivity index (χ0) is 30.3. The molecule has 0 spiro atoms. The lowest BCUT2D eigenvalue weighted by Crippen LogP contribution is -2.23. The van der Waals surface area contributed by atoms with Gasteiger partial charge in [0, 0.05) is 16.7 Å². The van der Waals surface area contributed by atoms with Crippen molar-refractivity contribution >= 4 is 5.57 Å². The van der Waals surface area contributed by atoms with Crippen molar-refractivity contribution in [2.75, 3.05) is 0 Å². The van der Waals surface area contributed by atoms with E-state index in [0.29, 0.717) is 34.6 Å². The third kappa shape index (κ3) is 7.27. The van der Waals surface area contributed by atoms with E-state index in [2.05, 4.69) is 19.9 Å². The predicted molar refractivity (Wildman–Crippen MR) is 171 cm³/mol. The van der Waals surface area contributed by atoms with Crippen LogP contribution in [0.15, 0.2) is 54.6 Å². The Bertz CT molecular complexity index is 1400. The highest BCUT2D eigenvalue weighted by Gasteiger charge is 2.29. The Hall–Kier alpha value is -2.88. The van der Waals surface area contributed by atoms with Crippen molar-refractivity contribution in [2.45, 2.75) is 104 Å². The van der Waals surface area contributed by atoms with Crippen LogP contribution in [0.25, 0.3) is 27.8 Å². The second-order valence-electron chi connectivity index (χ2n) is 12.9. The van der Waals surface area contributed by atoms with Crippen molar-refractivity contribution in [1.29, 1.82) is 0 Å². The lowest BCUT2D eigenvalue weighted by Gasteiger charge is -2.35. The summed E-state index contributed by atoms with van der Waals surface area (Å²) < 4.78 is 60.5. The highest BCUT2D eigenvalue weighted by Crippen LogP contribution is 2.43. The molecule has 0 amide bonds. The van der Waals surface area contributed by atoms with E-state index in [1.807, 2.05) is 0 Å². The van der Waals surface area contributed by atoms with Crippen LogP contribution in [0.5, 0.6) is 0 Å². The van der Waals surface area contributed by atoms with E-state index >= 15 is 8.78 Å². The third-order valence-electron chi connectivity index (χ3n) is 10.1. The van der Waals surface area contributed by atoms with Crippen LogP contribution in [-0.4, -0.2) is 0 Å². The van der Waals surface area contributed by atoms with E-state index in [1.54, 1.807) is 48.5 Å². The van der Waals surface area contributed by atoms with Gasteiger partial charge in [-0.05, 0) is 85.0 Å². The molecule has 1 atom stereocenters. The van der Waals surface area contributed by atoms with Crippen molar-refractivity contribution in [2.24, 2.45) is 17.8 Å². The summed E-state index contributed by atoms with van der Waals surface area (Å²) in [5.41, 5.74) is 2.98. The van der Waals surface area contributed by atoms with E-state index in [4.69, 9.17) is 0 Å². The molecule has 1 fully saturated rings. The summed E-state index contributed by atoms with van der Waals surface area (Å²) in [4.78, 5) is 0. The topological polar surface area (TPSA) is 0 Å². The lowest BCUT2D eigenvalue weighted by atomic mass is 9.70. The van der Waals surface area contributed by atoms with Gasteiger partial charge in [-0.25, -0.2) is 17.6 Å². The Balaban J connectivity index is 1.26. The van der Waals surface area contributed by atoms with Gasteiger partial charge >= 0.3 is 0 Å². The molecule has 0 bridgehead atoms. The molecule has 1 saturated carbocycles. The summed E-state index contributed by atoms with van der Waals surface area (Å²) in [6, 6.07) is 13.2. The van der Waals surface area contributed by atoms with Crippen LogP contribution >= 0.6 is 0 Å². The number of aryl methyl sites for hydroxylation is 1. The average molecular weight is 591 g/mol. The predicted octanol–water partition coefficient (Wildman–Crippen LogP) is 12.5. The van der Waals surface area contributed by atoms with Crippen LogP contribution in [0.2, 0.25) is 0 Å². The molecule has 230 valence electrons. The fraction of sp³-hybridized carbons (Fsp3) is 0.487. The molecular formula is C39H46F4. The van der Waals surface area contributed by atoms with E-state index in [-0.39, 0.29) is 11.1 Å². The number of allylic oxidation sites excluding steroid dienone is 2. The normalized spacial score (nSPS) is 20.7. The maximum atomic E-state index is 15.4. The fourth-order valence-corrected chi connectivity index (χ4v) is 7.48. The van der Waals surface area contributed by atoms with Crippen LogP contribution in [0.4, 0.5) is 17.6 Å². The van der Waals surface area contributed by atoms with Crippen LogP contribution in [0, 0.1) is 41.0 Å². The molecule has 2 aliphatic rings. The summed E-state index contributed by atoms with van der Waals surface area (Å²) in [7, 11) is 0. The molecule has 3 aromatic rings. The molecule has 0 N–H and O–H groups in total. The van der Waals surface area contributed by atoms with Gasteiger partial charge in [0.15, 0.2) is 23.3 Å². The van der Waals surface area contributed by atoms with Gasteiger partial charge < -0.3 is 0 Å².